The van der Waals surface area contributed by atoms with Gasteiger partial charge in [0.05, 0.1) is 36.2 Å². The number of amides is 1. The van der Waals surface area contributed by atoms with Gasteiger partial charge in [-0.1, -0.05) is 92.7 Å². The van der Waals surface area contributed by atoms with Crippen LogP contribution in [0.1, 0.15) is 74.5 Å². The van der Waals surface area contributed by atoms with E-state index in [-0.39, 0.29) is 42.2 Å². The van der Waals surface area contributed by atoms with Crippen molar-refractivity contribution in [3.63, 3.8) is 0 Å². The summed E-state index contributed by atoms with van der Waals surface area (Å²) in [6.45, 7) is 9.37. The molecule has 1 saturated heterocycles. The zero-order valence-corrected chi connectivity index (χ0v) is 29.4. The summed E-state index contributed by atoms with van der Waals surface area (Å²) in [6.07, 6.45) is 1.50. The van der Waals surface area contributed by atoms with Crippen LogP contribution in [0.5, 0.6) is 0 Å². The van der Waals surface area contributed by atoms with Crippen LogP contribution >= 0.6 is 0 Å². The number of ether oxygens (including phenoxy) is 3. The largest absolute Gasteiger partial charge is 0.373 e. The fourth-order valence-electron chi connectivity index (χ4n) is 6.91. The van der Waals surface area contributed by atoms with E-state index in [0.29, 0.717) is 31.6 Å². The first kappa shape index (κ1) is 35.3. The summed E-state index contributed by atoms with van der Waals surface area (Å²) in [7, 11) is 0. The highest BCUT2D eigenvalue weighted by atomic mass is 19.1. The Bertz CT molecular complexity index is 1820. The molecule has 1 aliphatic heterocycles. The first-order valence-corrected chi connectivity index (χ1v) is 17.7. The Balaban J connectivity index is 1.40. The van der Waals surface area contributed by atoms with Gasteiger partial charge in [0, 0.05) is 36.3 Å². The van der Waals surface area contributed by atoms with Gasteiger partial charge in [0.1, 0.15) is 5.82 Å². The minimum atomic E-state index is -0.382. The molecule has 1 fully saturated rings. The standard InChI is InChI=1S/C43H47FN2O4/c1-29(2)41-40(43(47)45-35-18-12-7-13-19-35)39(32-16-10-6-11-17-32)42(33-20-22-34(44)23-21-33)46(41)25-24-36-26-37(27-38(50-36)49-30(3)4)48-28-31-14-8-5-9-15-31/h5-23,29-30,36-38H,24-28H2,1-4H3,(H,45,47)/t36-,37?,38?/m1/s1. The minimum absolute atomic E-state index is 0.00515. The number of aromatic nitrogens is 1. The van der Waals surface area contributed by atoms with Gasteiger partial charge in [-0.25, -0.2) is 4.39 Å². The summed E-state index contributed by atoms with van der Waals surface area (Å²) in [4.78, 5) is 14.4. The monoisotopic (exact) mass is 674 g/mol. The Kier molecular flexibility index (Phi) is 11.6. The van der Waals surface area contributed by atoms with Crippen LogP contribution in [0.3, 0.4) is 0 Å². The Morgan fingerprint density at radius 3 is 2.12 bits per heavy atom. The molecular weight excluding hydrogens is 627 g/mol. The van der Waals surface area contributed by atoms with Crippen molar-refractivity contribution in [2.75, 3.05) is 5.32 Å². The van der Waals surface area contributed by atoms with Crippen LogP contribution < -0.4 is 5.32 Å². The highest BCUT2D eigenvalue weighted by molar-refractivity contribution is 6.12. The molecule has 3 atom stereocenters. The van der Waals surface area contributed by atoms with Crippen molar-refractivity contribution in [3.8, 4) is 22.4 Å². The number of hydrogen-bond acceptors (Lipinski definition) is 4. The summed E-state index contributed by atoms with van der Waals surface area (Å²) in [6, 6.07) is 36.3. The highest BCUT2D eigenvalue weighted by Gasteiger charge is 2.34. The van der Waals surface area contributed by atoms with Gasteiger partial charge in [-0.05, 0) is 79.3 Å². The van der Waals surface area contributed by atoms with E-state index >= 15 is 0 Å². The molecule has 0 aliphatic carbocycles. The van der Waals surface area contributed by atoms with Crippen molar-refractivity contribution in [2.45, 2.75) is 90.6 Å². The summed E-state index contributed by atoms with van der Waals surface area (Å²) >= 11 is 0. The third kappa shape index (κ3) is 8.59. The summed E-state index contributed by atoms with van der Waals surface area (Å²) in [5, 5.41) is 3.16. The van der Waals surface area contributed by atoms with Crippen LogP contribution in [0.25, 0.3) is 22.4 Å². The molecule has 2 heterocycles. The van der Waals surface area contributed by atoms with Gasteiger partial charge in [-0.15, -0.1) is 0 Å². The molecule has 0 spiro atoms. The average molecular weight is 675 g/mol. The lowest BCUT2D eigenvalue weighted by molar-refractivity contribution is -0.236. The quantitative estimate of drug-likeness (QED) is 0.135. The van der Waals surface area contributed by atoms with E-state index in [0.717, 1.165) is 45.7 Å². The van der Waals surface area contributed by atoms with Gasteiger partial charge in [0.25, 0.3) is 5.91 Å². The van der Waals surface area contributed by atoms with Crippen molar-refractivity contribution >= 4 is 11.6 Å². The second-order valence-corrected chi connectivity index (χ2v) is 13.5. The maximum absolute atomic E-state index is 14.4. The number of para-hydroxylation sites is 1. The lowest BCUT2D eigenvalue weighted by Gasteiger charge is -2.36. The smallest absolute Gasteiger partial charge is 0.258 e. The second kappa shape index (κ2) is 16.4. The van der Waals surface area contributed by atoms with Crippen LogP contribution in [0.4, 0.5) is 10.1 Å². The van der Waals surface area contributed by atoms with Gasteiger partial charge in [0.15, 0.2) is 6.29 Å². The molecule has 0 radical (unpaired) electrons. The molecule has 6 nitrogen and oxygen atoms in total. The van der Waals surface area contributed by atoms with E-state index in [1.54, 1.807) is 12.1 Å². The summed E-state index contributed by atoms with van der Waals surface area (Å²) in [5.41, 5.74) is 6.83. The SMILES string of the molecule is CC(C)OC1CC(OCc2ccccc2)C[C@@H](CCn2c(-c3ccc(F)cc3)c(-c3ccccc3)c(C(=O)Nc3ccccc3)c2C(C)C)O1. The van der Waals surface area contributed by atoms with Gasteiger partial charge in [-0.3, -0.25) is 4.79 Å². The van der Waals surface area contributed by atoms with Crippen LogP contribution in [-0.2, 0) is 27.4 Å². The van der Waals surface area contributed by atoms with E-state index in [9.17, 15) is 9.18 Å². The van der Waals surface area contributed by atoms with E-state index in [2.05, 4.69) is 35.9 Å². The Morgan fingerprint density at radius 2 is 1.48 bits per heavy atom. The molecule has 50 heavy (non-hydrogen) atoms. The molecule has 6 rings (SSSR count). The van der Waals surface area contributed by atoms with Crippen molar-refractivity contribution in [3.05, 3.63) is 138 Å². The van der Waals surface area contributed by atoms with Crippen LogP contribution in [-0.4, -0.2) is 35.1 Å². The number of rotatable bonds is 13. The maximum atomic E-state index is 14.4. The predicted molar refractivity (Wildman–Crippen MR) is 197 cm³/mol. The van der Waals surface area contributed by atoms with E-state index < -0.39 is 0 Å². The van der Waals surface area contributed by atoms with E-state index in [1.165, 1.54) is 12.1 Å². The van der Waals surface area contributed by atoms with E-state index in [1.807, 2.05) is 92.7 Å². The number of nitrogens with one attached hydrogen (secondary N) is 1. The van der Waals surface area contributed by atoms with Gasteiger partial charge in [0.2, 0.25) is 0 Å². The second-order valence-electron chi connectivity index (χ2n) is 13.5. The van der Waals surface area contributed by atoms with Crippen LogP contribution in [0.15, 0.2) is 115 Å². The Labute approximate surface area is 295 Å². The first-order valence-electron chi connectivity index (χ1n) is 17.7. The molecule has 1 amide bonds. The number of nitrogens with zero attached hydrogens (tertiary/aromatic N) is 1. The molecule has 1 N–H and O–H groups in total. The molecule has 1 aliphatic rings. The lowest BCUT2D eigenvalue weighted by Crippen LogP contribution is -2.40. The predicted octanol–water partition coefficient (Wildman–Crippen LogP) is 10.2. The number of carbonyl (C=O) groups is 1. The average Bonchev–Trinajstić information content (AvgIpc) is 3.47. The zero-order valence-electron chi connectivity index (χ0n) is 29.4. The number of benzene rings is 4. The molecule has 2 unspecified atom stereocenters. The third-order valence-electron chi connectivity index (χ3n) is 9.04. The summed E-state index contributed by atoms with van der Waals surface area (Å²) in [5.74, 6) is -0.503. The normalized spacial score (nSPS) is 17.7. The molecule has 4 aromatic carbocycles. The number of hydrogen-bond donors (Lipinski definition) is 1. The topological polar surface area (TPSA) is 61.7 Å². The number of carbonyl (C=O) groups excluding carboxylic acids is 1. The zero-order chi connectivity index (χ0) is 35.0. The van der Waals surface area contributed by atoms with Gasteiger partial charge >= 0.3 is 0 Å². The fourth-order valence-corrected chi connectivity index (χ4v) is 6.91. The molecular formula is C43H47FN2O4. The highest BCUT2D eigenvalue weighted by Crippen LogP contribution is 2.43. The van der Waals surface area contributed by atoms with Crippen molar-refractivity contribution in [1.29, 1.82) is 0 Å². The minimum Gasteiger partial charge on any atom is -0.373 e. The van der Waals surface area contributed by atoms with Crippen molar-refractivity contribution in [2.24, 2.45) is 0 Å². The fraction of sp³-hybridized carbons (Fsp3) is 0.326. The number of halogens is 1. The van der Waals surface area contributed by atoms with Crippen molar-refractivity contribution in [1.82, 2.24) is 4.57 Å². The van der Waals surface area contributed by atoms with E-state index in [4.69, 9.17) is 14.2 Å². The van der Waals surface area contributed by atoms with Gasteiger partial charge in [-0.2, -0.15) is 0 Å². The van der Waals surface area contributed by atoms with Crippen molar-refractivity contribution < 1.29 is 23.4 Å². The van der Waals surface area contributed by atoms with Crippen LogP contribution in [0.2, 0.25) is 0 Å². The Morgan fingerprint density at radius 1 is 0.840 bits per heavy atom. The molecule has 5 aromatic rings. The lowest BCUT2D eigenvalue weighted by atomic mass is 9.94. The first-order chi connectivity index (χ1) is 24.3. The molecule has 0 saturated carbocycles. The Hall–Kier alpha value is -4.56. The molecule has 7 heteroatoms. The van der Waals surface area contributed by atoms with Crippen LogP contribution in [0, 0.1) is 5.82 Å². The third-order valence-corrected chi connectivity index (χ3v) is 9.04. The summed E-state index contributed by atoms with van der Waals surface area (Å²) < 4.78 is 35.8. The van der Waals surface area contributed by atoms with Gasteiger partial charge < -0.3 is 24.1 Å². The molecule has 0 bridgehead atoms. The molecule has 1 aromatic heterocycles. The molecule has 260 valence electrons. The maximum Gasteiger partial charge on any atom is 0.258 e. The number of anilines is 1.